The van der Waals surface area contributed by atoms with Crippen molar-refractivity contribution in [3.63, 3.8) is 0 Å². The van der Waals surface area contributed by atoms with Crippen LogP contribution in [0.3, 0.4) is 0 Å². The predicted octanol–water partition coefficient (Wildman–Crippen LogP) is 5.18. The van der Waals surface area contributed by atoms with Gasteiger partial charge in [0.1, 0.15) is 5.75 Å². The third-order valence-electron chi connectivity index (χ3n) is 5.28. The van der Waals surface area contributed by atoms with Crippen LogP contribution in [0.1, 0.15) is 40.9 Å². The van der Waals surface area contributed by atoms with Crippen LogP contribution in [0.4, 0.5) is 11.4 Å². The molecule has 0 spiro atoms. The van der Waals surface area contributed by atoms with Gasteiger partial charge in [-0.05, 0) is 61.2 Å². The second-order valence-electron chi connectivity index (χ2n) is 7.45. The number of sulfonamides is 1. The summed E-state index contributed by atoms with van der Waals surface area (Å²) >= 11 is 0. The van der Waals surface area contributed by atoms with Gasteiger partial charge in [-0.15, -0.1) is 0 Å². The van der Waals surface area contributed by atoms with Gasteiger partial charge in [-0.1, -0.05) is 49.7 Å². The molecule has 0 aromatic heterocycles. The zero-order chi connectivity index (χ0) is 23.3. The largest absolute Gasteiger partial charge is 0.495 e. The maximum absolute atomic E-state index is 13.2. The fraction of sp³-hybridized carbons (Fsp3) is 0.240. The van der Waals surface area contributed by atoms with Gasteiger partial charge in [-0.3, -0.25) is 9.52 Å². The Kier molecular flexibility index (Phi) is 7.20. The Morgan fingerprint density at radius 3 is 2.12 bits per heavy atom. The van der Waals surface area contributed by atoms with Crippen LogP contribution < -0.4 is 14.8 Å². The molecule has 3 aromatic rings. The summed E-state index contributed by atoms with van der Waals surface area (Å²) in [5.74, 6) is 0.0167. The van der Waals surface area contributed by atoms with E-state index >= 15 is 0 Å². The van der Waals surface area contributed by atoms with Crippen molar-refractivity contribution in [1.29, 1.82) is 0 Å². The van der Waals surface area contributed by atoms with E-state index in [0.717, 1.165) is 16.7 Å². The highest BCUT2D eigenvalue weighted by molar-refractivity contribution is 7.92. The van der Waals surface area contributed by atoms with E-state index in [1.807, 2.05) is 51.1 Å². The van der Waals surface area contributed by atoms with Gasteiger partial charge in [0, 0.05) is 5.56 Å². The van der Waals surface area contributed by atoms with Crippen LogP contribution in [0, 0.1) is 6.92 Å². The molecule has 0 saturated heterocycles. The van der Waals surface area contributed by atoms with Gasteiger partial charge in [0.25, 0.3) is 15.9 Å². The summed E-state index contributed by atoms with van der Waals surface area (Å²) in [4.78, 5) is 12.7. The average Bonchev–Trinajstić information content (AvgIpc) is 2.79. The van der Waals surface area contributed by atoms with E-state index < -0.39 is 10.0 Å². The molecule has 0 aliphatic rings. The maximum Gasteiger partial charge on any atom is 0.261 e. The predicted molar refractivity (Wildman–Crippen MR) is 128 cm³/mol. The first-order valence-electron chi connectivity index (χ1n) is 10.5. The third kappa shape index (κ3) is 5.11. The fourth-order valence-corrected chi connectivity index (χ4v) is 4.59. The standard InChI is InChI=1S/C25H28N2O4S/c1-5-18-8-7-9-19(6-2)24(18)27-32(29,30)21-14-15-23(31-4)22(16-21)26-25(28)20-12-10-17(3)11-13-20/h7-16,27H,5-6H2,1-4H3,(H,26,28). The SMILES string of the molecule is CCc1cccc(CC)c1NS(=O)(=O)c1ccc(OC)c(NC(=O)c2ccc(C)cc2)c1. The fourth-order valence-electron chi connectivity index (χ4n) is 3.42. The lowest BCUT2D eigenvalue weighted by Crippen LogP contribution is -2.17. The highest BCUT2D eigenvalue weighted by Crippen LogP contribution is 2.31. The zero-order valence-corrected chi connectivity index (χ0v) is 19.5. The van der Waals surface area contributed by atoms with Gasteiger partial charge < -0.3 is 10.1 Å². The first kappa shape index (κ1) is 23.3. The molecule has 0 radical (unpaired) electrons. The Morgan fingerprint density at radius 1 is 0.938 bits per heavy atom. The van der Waals surface area contributed by atoms with Gasteiger partial charge in [0.2, 0.25) is 0 Å². The number of para-hydroxylation sites is 1. The van der Waals surface area contributed by atoms with Crippen molar-refractivity contribution in [2.75, 3.05) is 17.1 Å². The van der Waals surface area contributed by atoms with Crippen LogP contribution in [-0.4, -0.2) is 21.4 Å². The Morgan fingerprint density at radius 2 is 1.56 bits per heavy atom. The van der Waals surface area contributed by atoms with E-state index in [1.165, 1.54) is 25.3 Å². The van der Waals surface area contributed by atoms with Gasteiger partial charge in [0.05, 0.1) is 23.4 Å². The van der Waals surface area contributed by atoms with E-state index in [4.69, 9.17) is 4.74 Å². The van der Waals surface area contributed by atoms with Crippen molar-refractivity contribution in [3.8, 4) is 5.75 Å². The van der Waals surface area contributed by atoms with E-state index in [-0.39, 0.29) is 16.5 Å². The molecule has 0 unspecified atom stereocenters. The number of carbonyl (C=O) groups is 1. The third-order valence-corrected chi connectivity index (χ3v) is 6.63. The van der Waals surface area contributed by atoms with Crippen LogP contribution in [-0.2, 0) is 22.9 Å². The second kappa shape index (κ2) is 9.87. The number of carbonyl (C=O) groups excluding carboxylic acids is 1. The molecule has 0 saturated carbocycles. The number of benzene rings is 3. The lowest BCUT2D eigenvalue weighted by atomic mass is 10.0. The first-order valence-corrected chi connectivity index (χ1v) is 12.0. The quantitative estimate of drug-likeness (QED) is 0.493. The smallest absolute Gasteiger partial charge is 0.261 e. The molecular weight excluding hydrogens is 424 g/mol. The van der Waals surface area contributed by atoms with Crippen LogP contribution in [0.15, 0.2) is 65.6 Å². The molecule has 0 heterocycles. The summed E-state index contributed by atoms with van der Waals surface area (Å²) in [6, 6.07) is 17.3. The number of aryl methyl sites for hydroxylation is 3. The van der Waals surface area contributed by atoms with Gasteiger partial charge >= 0.3 is 0 Å². The van der Waals surface area contributed by atoms with Gasteiger partial charge in [0.15, 0.2) is 0 Å². The maximum atomic E-state index is 13.2. The average molecular weight is 453 g/mol. The summed E-state index contributed by atoms with van der Waals surface area (Å²) in [7, 11) is -2.42. The molecule has 0 fully saturated rings. The van der Waals surface area contributed by atoms with E-state index in [1.54, 1.807) is 12.1 Å². The van der Waals surface area contributed by atoms with Crippen LogP contribution in [0.25, 0.3) is 0 Å². The Hall–Kier alpha value is -3.32. The molecule has 6 nitrogen and oxygen atoms in total. The van der Waals surface area contributed by atoms with Crippen molar-refractivity contribution in [1.82, 2.24) is 0 Å². The monoisotopic (exact) mass is 452 g/mol. The molecule has 32 heavy (non-hydrogen) atoms. The van der Waals surface area contributed by atoms with Crippen molar-refractivity contribution >= 4 is 27.3 Å². The molecule has 0 atom stereocenters. The number of nitrogens with one attached hydrogen (secondary N) is 2. The Balaban J connectivity index is 1.95. The van der Waals surface area contributed by atoms with E-state index in [0.29, 0.717) is 29.8 Å². The number of hydrogen-bond acceptors (Lipinski definition) is 4. The number of methoxy groups -OCH3 is 1. The molecule has 3 aromatic carbocycles. The van der Waals surface area contributed by atoms with Gasteiger partial charge in [-0.25, -0.2) is 8.42 Å². The second-order valence-corrected chi connectivity index (χ2v) is 9.13. The Labute approximate surface area is 189 Å². The van der Waals surface area contributed by atoms with Crippen molar-refractivity contribution in [2.24, 2.45) is 0 Å². The van der Waals surface area contributed by atoms with Crippen molar-refractivity contribution < 1.29 is 17.9 Å². The minimum Gasteiger partial charge on any atom is -0.495 e. The molecule has 1 amide bonds. The summed E-state index contributed by atoms with van der Waals surface area (Å²) in [6.45, 7) is 5.91. The number of hydrogen-bond donors (Lipinski definition) is 2. The summed E-state index contributed by atoms with van der Waals surface area (Å²) in [5, 5.41) is 2.76. The highest BCUT2D eigenvalue weighted by Gasteiger charge is 2.20. The molecule has 0 aliphatic heterocycles. The first-order chi connectivity index (χ1) is 15.3. The normalized spacial score (nSPS) is 11.1. The highest BCUT2D eigenvalue weighted by atomic mass is 32.2. The molecular formula is C25H28N2O4S. The molecule has 0 bridgehead atoms. The lowest BCUT2D eigenvalue weighted by Gasteiger charge is -2.17. The van der Waals surface area contributed by atoms with Gasteiger partial charge in [-0.2, -0.15) is 0 Å². The minimum absolute atomic E-state index is 0.0328. The molecule has 168 valence electrons. The molecule has 2 N–H and O–H groups in total. The van der Waals surface area contributed by atoms with Crippen LogP contribution >= 0.6 is 0 Å². The number of anilines is 2. The summed E-state index contributed by atoms with van der Waals surface area (Å²) in [5.41, 5.74) is 4.24. The molecule has 7 heteroatoms. The number of amides is 1. The summed E-state index contributed by atoms with van der Waals surface area (Å²) < 4.78 is 34.5. The Bertz CT molecular complexity index is 1200. The molecule has 3 rings (SSSR count). The number of ether oxygens (including phenoxy) is 1. The van der Waals surface area contributed by atoms with Crippen LogP contribution in [0.5, 0.6) is 5.75 Å². The summed E-state index contributed by atoms with van der Waals surface area (Å²) in [6.07, 6.45) is 1.40. The van der Waals surface area contributed by atoms with Crippen molar-refractivity contribution in [3.05, 3.63) is 82.9 Å². The topological polar surface area (TPSA) is 84.5 Å². The van der Waals surface area contributed by atoms with Crippen molar-refractivity contribution in [2.45, 2.75) is 38.5 Å². The number of rotatable bonds is 8. The van der Waals surface area contributed by atoms with E-state index in [2.05, 4.69) is 10.0 Å². The minimum atomic E-state index is -3.89. The molecule has 0 aliphatic carbocycles. The lowest BCUT2D eigenvalue weighted by molar-refractivity contribution is 0.102. The van der Waals surface area contributed by atoms with Crippen LogP contribution in [0.2, 0.25) is 0 Å². The zero-order valence-electron chi connectivity index (χ0n) is 18.7. The van der Waals surface area contributed by atoms with E-state index in [9.17, 15) is 13.2 Å².